The molecule has 0 saturated heterocycles. The molecule has 0 heterocycles. The summed E-state index contributed by atoms with van der Waals surface area (Å²) in [4.78, 5) is 14.0. The first-order valence-corrected chi connectivity index (χ1v) is 8.57. The standard InChI is InChI=1S/C21H22ClNO3/c1-5-8-19(18-14-16(22)11-12-20(18)25-4)23(3)17-10-7-9-15(13-17)21(24)26-6-2/h5,7-14H,1,6H2,2-4H3/b19-8-. The lowest BCUT2D eigenvalue weighted by Gasteiger charge is -2.25. The molecule has 0 aliphatic heterocycles. The van der Waals surface area contributed by atoms with Gasteiger partial charge in [-0.05, 0) is 49.4 Å². The number of methoxy groups -OCH3 is 1. The first kappa shape index (κ1) is 19.6. The number of anilines is 1. The molecule has 0 bridgehead atoms. The van der Waals surface area contributed by atoms with Gasteiger partial charge in [0.15, 0.2) is 0 Å². The van der Waals surface area contributed by atoms with Crippen LogP contribution < -0.4 is 9.64 Å². The Labute approximate surface area is 159 Å². The summed E-state index contributed by atoms with van der Waals surface area (Å²) in [5.74, 6) is 0.341. The van der Waals surface area contributed by atoms with Crippen molar-refractivity contribution in [1.82, 2.24) is 0 Å². The first-order valence-electron chi connectivity index (χ1n) is 8.19. The fraction of sp³-hybridized carbons (Fsp3) is 0.190. The van der Waals surface area contributed by atoms with Gasteiger partial charge in [-0.15, -0.1) is 0 Å². The van der Waals surface area contributed by atoms with Crippen molar-refractivity contribution in [3.63, 3.8) is 0 Å². The fourth-order valence-corrected chi connectivity index (χ4v) is 2.74. The summed E-state index contributed by atoms with van der Waals surface area (Å²) in [6.07, 6.45) is 3.56. The molecule has 2 aromatic rings. The number of nitrogens with zero attached hydrogens (tertiary/aromatic N) is 1. The quantitative estimate of drug-likeness (QED) is 0.496. The van der Waals surface area contributed by atoms with E-state index in [0.717, 1.165) is 16.9 Å². The van der Waals surface area contributed by atoms with Gasteiger partial charge in [0.1, 0.15) is 5.75 Å². The molecule has 0 radical (unpaired) electrons. The van der Waals surface area contributed by atoms with Crippen molar-refractivity contribution in [3.05, 3.63) is 77.3 Å². The van der Waals surface area contributed by atoms with Gasteiger partial charge in [-0.2, -0.15) is 0 Å². The molecular weight excluding hydrogens is 350 g/mol. The summed E-state index contributed by atoms with van der Waals surface area (Å²) < 4.78 is 10.6. The van der Waals surface area contributed by atoms with Gasteiger partial charge in [0, 0.05) is 23.3 Å². The van der Waals surface area contributed by atoms with Crippen LogP contribution in [0.15, 0.2) is 61.2 Å². The van der Waals surface area contributed by atoms with E-state index in [-0.39, 0.29) is 5.97 Å². The normalized spacial score (nSPS) is 11.0. The topological polar surface area (TPSA) is 38.8 Å². The Morgan fingerprint density at radius 2 is 2.04 bits per heavy atom. The van der Waals surface area contributed by atoms with E-state index in [1.54, 1.807) is 38.3 Å². The Morgan fingerprint density at radius 1 is 1.27 bits per heavy atom. The predicted octanol–water partition coefficient (Wildman–Crippen LogP) is 5.19. The number of benzene rings is 2. The zero-order valence-corrected chi connectivity index (χ0v) is 15.9. The molecule has 0 saturated carbocycles. The Hall–Kier alpha value is -2.72. The average Bonchev–Trinajstić information content (AvgIpc) is 2.66. The molecule has 0 aromatic heterocycles. The summed E-state index contributed by atoms with van der Waals surface area (Å²) in [5, 5.41) is 0.601. The van der Waals surface area contributed by atoms with Crippen molar-refractivity contribution < 1.29 is 14.3 Å². The summed E-state index contributed by atoms with van der Waals surface area (Å²) >= 11 is 6.18. The van der Waals surface area contributed by atoms with Crippen molar-refractivity contribution in [2.75, 3.05) is 25.7 Å². The number of esters is 1. The van der Waals surface area contributed by atoms with E-state index in [4.69, 9.17) is 21.1 Å². The summed E-state index contributed by atoms with van der Waals surface area (Å²) in [7, 11) is 3.51. The minimum atomic E-state index is -0.350. The van der Waals surface area contributed by atoms with E-state index in [1.165, 1.54) is 0 Å². The molecule has 0 aliphatic rings. The molecule has 4 nitrogen and oxygen atoms in total. The maximum Gasteiger partial charge on any atom is 0.338 e. The zero-order valence-electron chi connectivity index (χ0n) is 15.2. The molecule has 2 aromatic carbocycles. The molecule has 0 fully saturated rings. The van der Waals surface area contributed by atoms with E-state index >= 15 is 0 Å². The summed E-state index contributed by atoms with van der Waals surface area (Å²) in [6.45, 7) is 5.91. The second-order valence-electron chi connectivity index (χ2n) is 5.46. The van der Waals surface area contributed by atoms with Gasteiger partial charge in [0.05, 0.1) is 25.0 Å². The zero-order chi connectivity index (χ0) is 19.1. The van der Waals surface area contributed by atoms with Gasteiger partial charge in [0.2, 0.25) is 0 Å². The molecular formula is C21H22ClNO3. The Balaban J connectivity index is 2.48. The van der Waals surface area contributed by atoms with Crippen LogP contribution in [-0.4, -0.2) is 26.7 Å². The summed E-state index contributed by atoms with van der Waals surface area (Å²) in [5.41, 5.74) is 2.97. The highest BCUT2D eigenvalue weighted by Crippen LogP contribution is 2.33. The van der Waals surface area contributed by atoms with Crippen molar-refractivity contribution in [1.29, 1.82) is 0 Å². The lowest BCUT2D eigenvalue weighted by atomic mass is 10.1. The lowest BCUT2D eigenvalue weighted by Crippen LogP contribution is -2.17. The fourth-order valence-electron chi connectivity index (χ4n) is 2.57. The summed E-state index contributed by atoms with van der Waals surface area (Å²) in [6, 6.07) is 12.7. The molecule has 0 unspecified atom stereocenters. The Kier molecular flexibility index (Phi) is 6.87. The number of hydrogen-bond acceptors (Lipinski definition) is 4. The Morgan fingerprint density at radius 3 is 2.69 bits per heavy atom. The van der Waals surface area contributed by atoms with Crippen LogP contribution in [0.4, 0.5) is 5.69 Å². The van der Waals surface area contributed by atoms with Crippen molar-refractivity contribution in [2.45, 2.75) is 6.92 Å². The molecule has 0 atom stereocenters. The highest BCUT2D eigenvalue weighted by molar-refractivity contribution is 6.30. The molecule has 136 valence electrons. The van der Waals surface area contributed by atoms with Crippen LogP contribution in [0.25, 0.3) is 5.70 Å². The maximum atomic E-state index is 12.0. The maximum absolute atomic E-state index is 12.0. The highest BCUT2D eigenvalue weighted by atomic mass is 35.5. The third-order valence-electron chi connectivity index (χ3n) is 3.82. The van der Waals surface area contributed by atoms with Gasteiger partial charge >= 0.3 is 5.97 Å². The predicted molar refractivity (Wildman–Crippen MR) is 107 cm³/mol. The average molecular weight is 372 g/mol. The lowest BCUT2D eigenvalue weighted by molar-refractivity contribution is 0.0526. The van der Waals surface area contributed by atoms with Crippen molar-refractivity contribution >= 4 is 29.0 Å². The van der Waals surface area contributed by atoms with E-state index in [9.17, 15) is 4.79 Å². The molecule has 0 aliphatic carbocycles. The molecule has 26 heavy (non-hydrogen) atoms. The SMILES string of the molecule is C=C/C=C(/c1cc(Cl)ccc1OC)N(C)c1cccc(C(=O)OCC)c1. The third kappa shape index (κ3) is 4.46. The molecule has 2 rings (SSSR count). The van der Waals surface area contributed by atoms with Crippen LogP contribution in [0.1, 0.15) is 22.8 Å². The van der Waals surface area contributed by atoms with Crippen LogP contribution in [0.3, 0.4) is 0 Å². The van der Waals surface area contributed by atoms with Crippen LogP contribution in [0.2, 0.25) is 5.02 Å². The highest BCUT2D eigenvalue weighted by Gasteiger charge is 2.16. The monoisotopic (exact) mass is 371 g/mol. The van der Waals surface area contributed by atoms with E-state index < -0.39 is 0 Å². The second-order valence-corrected chi connectivity index (χ2v) is 5.90. The van der Waals surface area contributed by atoms with Gasteiger partial charge in [-0.1, -0.05) is 30.3 Å². The minimum Gasteiger partial charge on any atom is -0.496 e. The van der Waals surface area contributed by atoms with Gasteiger partial charge in [0.25, 0.3) is 0 Å². The van der Waals surface area contributed by atoms with Gasteiger partial charge in [-0.25, -0.2) is 4.79 Å². The first-order chi connectivity index (χ1) is 12.5. The molecule has 0 N–H and O–H groups in total. The Bertz CT molecular complexity index is 830. The van der Waals surface area contributed by atoms with Gasteiger partial charge in [-0.3, -0.25) is 0 Å². The van der Waals surface area contributed by atoms with Crippen molar-refractivity contribution in [2.24, 2.45) is 0 Å². The third-order valence-corrected chi connectivity index (χ3v) is 4.05. The minimum absolute atomic E-state index is 0.334. The largest absolute Gasteiger partial charge is 0.496 e. The van der Waals surface area contributed by atoms with Crippen molar-refractivity contribution in [3.8, 4) is 5.75 Å². The van der Waals surface area contributed by atoms with Crippen LogP contribution in [0, 0.1) is 0 Å². The molecule has 0 spiro atoms. The van der Waals surface area contributed by atoms with Crippen LogP contribution >= 0.6 is 11.6 Å². The number of carbonyl (C=O) groups excluding carboxylic acids is 1. The van der Waals surface area contributed by atoms with Crippen LogP contribution in [0.5, 0.6) is 5.75 Å². The van der Waals surface area contributed by atoms with E-state index in [0.29, 0.717) is 22.9 Å². The number of hydrogen-bond donors (Lipinski definition) is 0. The smallest absolute Gasteiger partial charge is 0.338 e. The number of rotatable bonds is 7. The van der Waals surface area contributed by atoms with Crippen LogP contribution in [-0.2, 0) is 4.74 Å². The number of carbonyl (C=O) groups is 1. The number of allylic oxidation sites excluding steroid dienone is 2. The number of ether oxygens (including phenoxy) is 2. The molecule has 5 heteroatoms. The van der Waals surface area contributed by atoms with Gasteiger partial charge < -0.3 is 14.4 Å². The second kappa shape index (κ2) is 9.11. The van der Waals surface area contributed by atoms with E-state index in [1.807, 2.05) is 42.3 Å². The number of halogens is 1. The molecule has 0 amide bonds. The van der Waals surface area contributed by atoms with E-state index in [2.05, 4.69) is 6.58 Å².